The predicted octanol–water partition coefficient (Wildman–Crippen LogP) is 3.70. The lowest BCUT2D eigenvalue weighted by atomic mass is 10.1. The van der Waals surface area contributed by atoms with Crippen molar-refractivity contribution < 1.29 is 4.79 Å². The number of carbonyl (C=O) groups excluding carboxylic acids is 1. The van der Waals surface area contributed by atoms with E-state index in [1.54, 1.807) is 12.4 Å². The Morgan fingerprint density at radius 3 is 2.67 bits per heavy atom. The third-order valence-electron chi connectivity index (χ3n) is 3.57. The lowest BCUT2D eigenvalue weighted by Crippen LogP contribution is -2.26. The molecule has 0 saturated heterocycles. The minimum Gasteiger partial charge on any atom is -0.354 e. The van der Waals surface area contributed by atoms with Gasteiger partial charge in [0.2, 0.25) is 5.95 Å². The Kier molecular flexibility index (Phi) is 7.49. The molecule has 2 aromatic rings. The van der Waals surface area contributed by atoms with Crippen LogP contribution in [0.3, 0.4) is 0 Å². The monoisotopic (exact) mass is 346 g/mol. The van der Waals surface area contributed by atoms with Gasteiger partial charge in [-0.05, 0) is 30.5 Å². The van der Waals surface area contributed by atoms with E-state index in [9.17, 15) is 4.79 Å². The third-order valence-corrected chi connectivity index (χ3v) is 3.80. The Balaban J connectivity index is 1.75. The predicted molar refractivity (Wildman–Crippen MR) is 97.5 cm³/mol. The van der Waals surface area contributed by atoms with Gasteiger partial charge in [-0.1, -0.05) is 43.5 Å². The van der Waals surface area contributed by atoms with Crippen LogP contribution >= 0.6 is 11.6 Å². The van der Waals surface area contributed by atoms with Crippen LogP contribution in [0.1, 0.15) is 42.1 Å². The van der Waals surface area contributed by atoms with Gasteiger partial charge in [-0.25, -0.2) is 9.97 Å². The average Bonchev–Trinajstić information content (AvgIpc) is 2.59. The summed E-state index contributed by atoms with van der Waals surface area (Å²) in [5.41, 5.74) is 1.55. The number of nitrogens with one attached hydrogen (secondary N) is 2. The molecule has 2 N–H and O–H groups in total. The van der Waals surface area contributed by atoms with E-state index in [-0.39, 0.29) is 5.91 Å². The molecule has 1 heterocycles. The summed E-state index contributed by atoms with van der Waals surface area (Å²) >= 11 is 5.94. The zero-order chi connectivity index (χ0) is 17.2. The molecule has 1 aromatic carbocycles. The summed E-state index contributed by atoms with van der Waals surface area (Å²) in [6, 6.07) is 7.62. The molecule has 1 amide bonds. The molecule has 0 aliphatic heterocycles. The van der Waals surface area contributed by atoms with Crippen molar-refractivity contribution in [1.29, 1.82) is 0 Å². The first-order chi connectivity index (χ1) is 11.7. The van der Waals surface area contributed by atoms with E-state index in [2.05, 4.69) is 27.5 Å². The minimum atomic E-state index is -0.172. The third kappa shape index (κ3) is 6.16. The molecule has 0 bridgehead atoms. The van der Waals surface area contributed by atoms with Gasteiger partial charge >= 0.3 is 0 Å². The molecule has 2 rings (SSSR count). The van der Waals surface area contributed by atoms with Crippen molar-refractivity contribution >= 4 is 23.5 Å². The van der Waals surface area contributed by atoms with Crippen LogP contribution in [0.25, 0.3) is 0 Å². The van der Waals surface area contributed by atoms with Crippen molar-refractivity contribution in [2.24, 2.45) is 0 Å². The van der Waals surface area contributed by atoms with Crippen LogP contribution in [0, 0.1) is 0 Å². The summed E-state index contributed by atoms with van der Waals surface area (Å²) in [6.45, 7) is 3.55. The SMILES string of the molecule is CCCCCNc1ncc(C(=O)NCCc2cccc(Cl)c2)cn1. The molecule has 0 radical (unpaired) electrons. The first-order valence-electron chi connectivity index (χ1n) is 8.27. The van der Waals surface area contributed by atoms with Crippen LogP contribution in [-0.4, -0.2) is 29.0 Å². The van der Waals surface area contributed by atoms with E-state index in [1.807, 2.05) is 24.3 Å². The highest BCUT2D eigenvalue weighted by molar-refractivity contribution is 6.30. The normalized spacial score (nSPS) is 10.4. The van der Waals surface area contributed by atoms with Crippen LogP contribution in [0.2, 0.25) is 5.02 Å². The van der Waals surface area contributed by atoms with Crippen molar-refractivity contribution in [2.75, 3.05) is 18.4 Å². The van der Waals surface area contributed by atoms with E-state index in [0.29, 0.717) is 23.1 Å². The number of hydrogen-bond donors (Lipinski definition) is 2. The van der Waals surface area contributed by atoms with Gasteiger partial charge in [0.05, 0.1) is 5.56 Å². The van der Waals surface area contributed by atoms with Gasteiger partial charge in [0.15, 0.2) is 0 Å². The summed E-state index contributed by atoms with van der Waals surface area (Å²) in [5, 5.41) is 6.72. The van der Waals surface area contributed by atoms with E-state index >= 15 is 0 Å². The van der Waals surface area contributed by atoms with Crippen molar-refractivity contribution in [1.82, 2.24) is 15.3 Å². The standard InChI is InChI=1S/C18H23ClN4O/c1-2-3-4-9-21-18-22-12-15(13-23-18)17(24)20-10-8-14-6-5-7-16(19)11-14/h5-7,11-13H,2-4,8-10H2,1H3,(H,20,24)(H,21,22,23). The Labute approximate surface area is 147 Å². The van der Waals surface area contributed by atoms with Crippen molar-refractivity contribution in [3.8, 4) is 0 Å². The number of hydrogen-bond acceptors (Lipinski definition) is 4. The number of carbonyl (C=O) groups is 1. The summed E-state index contributed by atoms with van der Waals surface area (Å²) in [6.07, 6.45) is 7.26. The number of unbranched alkanes of at least 4 members (excludes halogenated alkanes) is 2. The van der Waals surface area contributed by atoms with Gasteiger partial charge in [-0.15, -0.1) is 0 Å². The topological polar surface area (TPSA) is 66.9 Å². The fourth-order valence-corrected chi connectivity index (χ4v) is 2.44. The fourth-order valence-electron chi connectivity index (χ4n) is 2.23. The molecule has 0 aliphatic carbocycles. The Hall–Kier alpha value is -2.14. The molecule has 0 atom stereocenters. The van der Waals surface area contributed by atoms with Crippen molar-refractivity contribution in [3.05, 3.63) is 52.8 Å². The van der Waals surface area contributed by atoms with Crippen LogP contribution in [0.5, 0.6) is 0 Å². The highest BCUT2D eigenvalue weighted by Gasteiger charge is 2.06. The van der Waals surface area contributed by atoms with Gasteiger partial charge in [0.25, 0.3) is 5.91 Å². The molecule has 0 aliphatic rings. The number of amides is 1. The highest BCUT2D eigenvalue weighted by atomic mass is 35.5. The molecule has 5 nitrogen and oxygen atoms in total. The van der Waals surface area contributed by atoms with E-state index in [4.69, 9.17) is 11.6 Å². The molecule has 0 spiro atoms. The number of benzene rings is 1. The fraction of sp³-hybridized carbons (Fsp3) is 0.389. The summed E-state index contributed by atoms with van der Waals surface area (Å²) < 4.78 is 0. The Morgan fingerprint density at radius 2 is 1.96 bits per heavy atom. The number of anilines is 1. The van der Waals surface area contributed by atoms with Gasteiger partial charge in [-0.2, -0.15) is 0 Å². The van der Waals surface area contributed by atoms with E-state index < -0.39 is 0 Å². The second kappa shape index (κ2) is 9.88. The maximum Gasteiger partial charge on any atom is 0.254 e. The zero-order valence-electron chi connectivity index (χ0n) is 13.9. The van der Waals surface area contributed by atoms with E-state index in [0.717, 1.165) is 24.9 Å². The average molecular weight is 347 g/mol. The molecule has 1 aromatic heterocycles. The summed E-state index contributed by atoms with van der Waals surface area (Å²) in [4.78, 5) is 20.4. The van der Waals surface area contributed by atoms with Gasteiger partial charge in [0, 0.05) is 30.5 Å². The molecule has 0 unspecified atom stereocenters. The molecule has 128 valence electrons. The Bertz CT molecular complexity index is 646. The molecular formula is C18H23ClN4O. The van der Waals surface area contributed by atoms with Crippen LogP contribution < -0.4 is 10.6 Å². The van der Waals surface area contributed by atoms with E-state index in [1.165, 1.54) is 12.8 Å². The molecule has 6 heteroatoms. The Morgan fingerprint density at radius 1 is 1.17 bits per heavy atom. The van der Waals surface area contributed by atoms with Gasteiger partial charge in [-0.3, -0.25) is 4.79 Å². The number of halogens is 1. The second-order valence-electron chi connectivity index (χ2n) is 5.57. The highest BCUT2D eigenvalue weighted by Crippen LogP contribution is 2.10. The summed E-state index contributed by atoms with van der Waals surface area (Å²) in [7, 11) is 0. The molecular weight excluding hydrogens is 324 g/mol. The van der Waals surface area contributed by atoms with Crippen LogP contribution in [0.15, 0.2) is 36.7 Å². The van der Waals surface area contributed by atoms with Crippen LogP contribution in [-0.2, 0) is 6.42 Å². The second-order valence-corrected chi connectivity index (χ2v) is 6.00. The molecule has 24 heavy (non-hydrogen) atoms. The first kappa shape index (κ1) is 18.2. The maximum atomic E-state index is 12.1. The van der Waals surface area contributed by atoms with Crippen LogP contribution in [0.4, 0.5) is 5.95 Å². The quantitative estimate of drug-likeness (QED) is 0.679. The summed E-state index contributed by atoms with van der Waals surface area (Å²) in [5.74, 6) is 0.385. The lowest BCUT2D eigenvalue weighted by Gasteiger charge is -2.07. The number of rotatable bonds is 9. The largest absolute Gasteiger partial charge is 0.354 e. The molecule has 0 saturated carbocycles. The number of aromatic nitrogens is 2. The zero-order valence-corrected chi connectivity index (χ0v) is 14.6. The van der Waals surface area contributed by atoms with Gasteiger partial charge in [0.1, 0.15) is 0 Å². The smallest absolute Gasteiger partial charge is 0.254 e. The minimum absolute atomic E-state index is 0.172. The van der Waals surface area contributed by atoms with Crippen molar-refractivity contribution in [3.63, 3.8) is 0 Å². The maximum absolute atomic E-state index is 12.1. The van der Waals surface area contributed by atoms with Crippen molar-refractivity contribution in [2.45, 2.75) is 32.6 Å². The first-order valence-corrected chi connectivity index (χ1v) is 8.65. The van der Waals surface area contributed by atoms with Gasteiger partial charge < -0.3 is 10.6 Å². The molecule has 0 fully saturated rings. The lowest BCUT2D eigenvalue weighted by molar-refractivity contribution is 0.0953. The number of nitrogens with zero attached hydrogens (tertiary/aromatic N) is 2.